The van der Waals surface area contributed by atoms with Gasteiger partial charge in [-0.3, -0.25) is 9.59 Å². The highest BCUT2D eigenvalue weighted by Gasteiger charge is 2.14. The molecule has 0 aliphatic carbocycles. The van der Waals surface area contributed by atoms with Crippen molar-refractivity contribution in [2.24, 2.45) is 5.92 Å². The van der Waals surface area contributed by atoms with Gasteiger partial charge in [0, 0.05) is 13.2 Å². The van der Waals surface area contributed by atoms with Crippen LogP contribution in [0.3, 0.4) is 0 Å². The molecule has 2 amide bonds. The molecule has 90 valence electrons. The van der Waals surface area contributed by atoms with Gasteiger partial charge in [0.2, 0.25) is 0 Å². The molecular formula is C10H17N3O3. The molecule has 0 saturated heterocycles. The van der Waals surface area contributed by atoms with Crippen LogP contribution >= 0.6 is 0 Å². The molecule has 1 atom stereocenters. The zero-order valence-corrected chi connectivity index (χ0v) is 9.32. The Morgan fingerprint density at radius 2 is 2.00 bits per heavy atom. The second kappa shape index (κ2) is 8.68. The number of carbonyl (C=O) groups is 2. The van der Waals surface area contributed by atoms with Crippen molar-refractivity contribution in [1.82, 2.24) is 10.6 Å². The maximum absolute atomic E-state index is 11.2. The van der Waals surface area contributed by atoms with Crippen molar-refractivity contribution in [1.29, 1.82) is 5.26 Å². The van der Waals surface area contributed by atoms with E-state index in [1.165, 1.54) is 0 Å². The van der Waals surface area contributed by atoms with Crippen LogP contribution in [-0.2, 0) is 9.59 Å². The van der Waals surface area contributed by atoms with Crippen molar-refractivity contribution in [3.8, 4) is 6.07 Å². The van der Waals surface area contributed by atoms with E-state index in [0.717, 1.165) is 6.42 Å². The first kappa shape index (κ1) is 14.4. The van der Waals surface area contributed by atoms with Crippen molar-refractivity contribution in [3.63, 3.8) is 0 Å². The molecule has 0 aromatic rings. The van der Waals surface area contributed by atoms with Gasteiger partial charge in [-0.2, -0.15) is 5.26 Å². The molecule has 0 aliphatic heterocycles. The number of hydrogen-bond donors (Lipinski definition) is 3. The van der Waals surface area contributed by atoms with E-state index >= 15 is 0 Å². The second-order valence-electron chi connectivity index (χ2n) is 3.34. The Kier molecular flexibility index (Phi) is 7.81. The molecule has 0 bridgehead atoms. The topological polar surface area (TPSA) is 102 Å². The lowest BCUT2D eigenvalue weighted by Crippen LogP contribution is -2.41. The maximum Gasteiger partial charge on any atom is 0.310 e. The van der Waals surface area contributed by atoms with E-state index in [4.69, 9.17) is 10.4 Å². The van der Waals surface area contributed by atoms with Crippen LogP contribution in [0.15, 0.2) is 0 Å². The maximum atomic E-state index is 11.2. The lowest BCUT2D eigenvalue weighted by molar-refractivity contribution is -0.139. The van der Waals surface area contributed by atoms with Gasteiger partial charge in [-0.25, -0.2) is 0 Å². The molecule has 3 N–H and O–H groups in total. The van der Waals surface area contributed by atoms with Gasteiger partial charge in [0.1, 0.15) is 6.54 Å². The SMILES string of the molecule is CCC(CCO)CNC(=O)C(=O)NCC#N. The van der Waals surface area contributed by atoms with Crippen LogP contribution in [0.4, 0.5) is 0 Å². The first-order valence-electron chi connectivity index (χ1n) is 5.19. The first-order valence-corrected chi connectivity index (χ1v) is 5.19. The van der Waals surface area contributed by atoms with Crippen molar-refractivity contribution < 1.29 is 14.7 Å². The van der Waals surface area contributed by atoms with Gasteiger partial charge in [-0.1, -0.05) is 13.3 Å². The molecule has 0 aromatic carbocycles. The third kappa shape index (κ3) is 5.98. The summed E-state index contributed by atoms with van der Waals surface area (Å²) in [6.45, 7) is 2.19. The minimum atomic E-state index is -0.805. The Morgan fingerprint density at radius 1 is 1.38 bits per heavy atom. The lowest BCUT2D eigenvalue weighted by atomic mass is 10.0. The minimum absolute atomic E-state index is 0.0645. The fourth-order valence-electron chi connectivity index (χ4n) is 1.15. The van der Waals surface area contributed by atoms with E-state index in [9.17, 15) is 9.59 Å². The van der Waals surface area contributed by atoms with Crippen molar-refractivity contribution >= 4 is 11.8 Å². The molecule has 1 unspecified atom stereocenters. The predicted molar refractivity (Wildman–Crippen MR) is 57.1 cm³/mol. The molecule has 0 radical (unpaired) electrons. The number of hydrogen-bond acceptors (Lipinski definition) is 4. The summed E-state index contributed by atoms with van der Waals surface area (Å²) in [5.41, 5.74) is 0. The van der Waals surface area contributed by atoms with Crippen LogP contribution in [0, 0.1) is 17.2 Å². The van der Waals surface area contributed by atoms with Crippen LogP contribution in [-0.4, -0.2) is 36.6 Å². The summed E-state index contributed by atoms with van der Waals surface area (Å²) in [4.78, 5) is 22.2. The van der Waals surface area contributed by atoms with E-state index in [1.807, 2.05) is 6.92 Å². The number of aliphatic hydroxyl groups is 1. The quantitative estimate of drug-likeness (QED) is 0.406. The second-order valence-corrected chi connectivity index (χ2v) is 3.34. The molecule has 0 aliphatic rings. The molecule has 0 fully saturated rings. The molecule has 0 saturated carbocycles. The van der Waals surface area contributed by atoms with Crippen LogP contribution in [0.1, 0.15) is 19.8 Å². The Balaban J connectivity index is 3.87. The molecule has 0 spiro atoms. The third-order valence-corrected chi connectivity index (χ3v) is 2.20. The summed E-state index contributed by atoms with van der Waals surface area (Å²) in [6, 6.07) is 1.70. The number of aliphatic hydroxyl groups excluding tert-OH is 1. The van der Waals surface area contributed by atoms with Crippen LogP contribution in [0.2, 0.25) is 0 Å². The Labute approximate surface area is 94.6 Å². The summed E-state index contributed by atoms with van der Waals surface area (Å²) in [5.74, 6) is -1.38. The van der Waals surface area contributed by atoms with Crippen molar-refractivity contribution in [2.75, 3.05) is 19.7 Å². The summed E-state index contributed by atoms with van der Waals surface area (Å²) in [5, 5.41) is 21.5. The first-order chi connectivity index (χ1) is 7.65. The van der Waals surface area contributed by atoms with Crippen LogP contribution < -0.4 is 10.6 Å². The van der Waals surface area contributed by atoms with E-state index in [2.05, 4.69) is 10.6 Å². The van der Waals surface area contributed by atoms with Gasteiger partial charge in [0.15, 0.2) is 0 Å². The average molecular weight is 227 g/mol. The summed E-state index contributed by atoms with van der Waals surface area (Å²) in [7, 11) is 0. The van der Waals surface area contributed by atoms with Gasteiger partial charge in [0.05, 0.1) is 6.07 Å². The largest absolute Gasteiger partial charge is 0.396 e. The fraction of sp³-hybridized carbons (Fsp3) is 0.700. The van der Waals surface area contributed by atoms with E-state index in [-0.39, 0.29) is 19.1 Å². The summed E-state index contributed by atoms with van der Waals surface area (Å²) in [6.07, 6.45) is 1.41. The van der Waals surface area contributed by atoms with E-state index < -0.39 is 11.8 Å². The zero-order valence-electron chi connectivity index (χ0n) is 9.32. The standard InChI is InChI=1S/C10H17N3O3/c1-2-8(3-6-14)7-13-10(16)9(15)12-5-4-11/h8,14H,2-3,5-7H2,1H3,(H,12,15)(H,13,16). The average Bonchev–Trinajstić information content (AvgIpc) is 2.30. The van der Waals surface area contributed by atoms with Gasteiger partial charge in [0.25, 0.3) is 0 Å². The normalized spacial score (nSPS) is 11.3. The van der Waals surface area contributed by atoms with Gasteiger partial charge < -0.3 is 15.7 Å². The van der Waals surface area contributed by atoms with E-state index in [1.54, 1.807) is 6.07 Å². The molecule has 6 heteroatoms. The molecule has 6 nitrogen and oxygen atoms in total. The van der Waals surface area contributed by atoms with Crippen LogP contribution in [0.5, 0.6) is 0 Å². The lowest BCUT2D eigenvalue weighted by Gasteiger charge is -2.13. The van der Waals surface area contributed by atoms with Crippen molar-refractivity contribution in [3.05, 3.63) is 0 Å². The number of amides is 2. The predicted octanol–water partition coefficient (Wildman–Crippen LogP) is -0.849. The fourth-order valence-corrected chi connectivity index (χ4v) is 1.15. The van der Waals surface area contributed by atoms with Gasteiger partial charge in [-0.05, 0) is 12.3 Å². The Hall–Kier alpha value is -1.61. The van der Waals surface area contributed by atoms with Crippen LogP contribution in [0.25, 0.3) is 0 Å². The number of nitrogens with one attached hydrogen (secondary N) is 2. The Bertz CT molecular complexity index is 273. The Morgan fingerprint density at radius 3 is 2.50 bits per heavy atom. The highest BCUT2D eigenvalue weighted by molar-refractivity contribution is 6.35. The van der Waals surface area contributed by atoms with Gasteiger partial charge in [-0.15, -0.1) is 0 Å². The molecule has 0 rings (SSSR count). The monoisotopic (exact) mass is 227 g/mol. The molecule has 16 heavy (non-hydrogen) atoms. The number of carbonyl (C=O) groups excluding carboxylic acids is 2. The van der Waals surface area contributed by atoms with Crippen molar-refractivity contribution in [2.45, 2.75) is 19.8 Å². The number of rotatable bonds is 6. The molecule has 0 heterocycles. The number of nitrogens with zero attached hydrogens (tertiary/aromatic N) is 1. The highest BCUT2D eigenvalue weighted by atomic mass is 16.3. The molecule has 0 aromatic heterocycles. The summed E-state index contributed by atoms with van der Waals surface area (Å²) >= 11 is 0. The highest BCUT2D eigenvalue weighted by Crippen LogP contribution is 2.05. The zero-order chi connectivity index (χ0) is 12.4. The smallest absolute Gasteiger partial charge is 0.310 e. The summed E-state index contributed by atoms with van der Waals surface area (Å²) < 4.78 is 0. The minimum Gasteiger partial charge on any atom is -0.396 e. The molecular weight excluding hydrogens is 210 g/mol. The number of nitriles is 1. The third-order valence-electron chi connectivity index (χ3n) is 2.20. The van der Waals surface area contributed by atoms with E-state index in [0.29, 0.717) is 13.0 Å². The van der Waals surface area contributed by atoms with Gasteiger partial charge >= 0.3 is 11.8 Å².